The van der Waals surface area contributed by atoms with Crippen LogP contribution in [0.2, 0.25) is 0 Å². The predicted octanol–water partition coefficient (Wildman–Crippen LogP) is 6.09. The van der Waals surface area contributed by atoms with Crippen LogP contribution >= 0.6 is 0 Å². The fourth-order valence-electron chi connectivity index (χ4n) is 11.1. The summed E-state index contributed by atoms with van der Waals surface area (Å²) in [7, 11) is 0. The van der Waals surface area contributed by atoms with Crippen LogP contribution in [0.4, 0.5) is 0 Å². The van der Waals surface area contributed by atoms with Crippen molar-refractivity contribution in [2.45, 2.75) is 91.1 Å². The van der Waals surface area contributed by atoms with Crippen LogP contribution in [0.3, 0.4) is 0 Å². The topological polar surface area (TPSA) is 145 Å². The van der Waals surface area contributed by atoms with Crippen LogP contribution in [-0.4, -0.2) is 50.3 Å². The molecule has 3 aromatic rings. The number of oxime groups is 1. The van der Waals surface area contributed by atoms with E-state index in [4.69, 9.17) is 23.9 Å². The molecule has 4 aliphatic carbocycles. The van der Waals surface area contributed by atoms with Crippen molar-refractivity contribution in [2.75, 3.05) is 0 Å². The quantitative estimate of drug-likeness (QED) is 0.174. The number of esters is 1. The number of allylic oxidation sites excluding steroid dienone is 2. The number of aromatic nitrogens is 3. The highest BCUT2D eigenvalue weighted by molar-refractivity contribution is 6.02. The number of hydrogen-bond donors (Lipinski definition) is 0. The number of benzene rings is 1. The molecule has 11 nitrogen and oxygen atoms in total. The van der Waals surface area contributed by atoms with Crippen LogP contribution in [0.25, 0.3) is 5.69 Å². The van der Waals surface area contributed by atoms with Crippen LogP contribution in [0.15, 0.2) is 70.8 Å². The summed E-state index contributed by atoms with van der Waals surface area (Å²) in [4.78, 5) is 32.1. The SMILES string of the molecule is CC(=O)O[C@@H]1C[C@H]2C(C)(C)C(=O)C=C[C@]2(C)[C@H]2CC[C@@]3(C)[C@H](c4ccoc4)/C(=N\OCc4cn(-c5ccccc5C#N)nn4)[C@H]4O[C@]43[C@@]21C. The van der Waals surface area contributed by atoms with Gasteiger partial charge < -0.3 is 18.7 Å². The van der Waals surface area contributed by atoms with Crippen molar-refractivity contribution in [3.8, 4) is 11.8 Å². The summed E-state index contributed by atoms with van der Waals surface area (Å²) in [5.41, 5.74) is 0.803. The summed E-state index contributed by atoms with van der Waals surface area (Å²) in [6, 6.07) is 11.4. The van der Waals surface area contributed by atoms with Crippen molar-refractivity contribution in [3.05, 3.63) is 78.0 Å². The van der Waals surface area contributed by atoms with Gasteiger partial charge in [0.1, 0.15) is 29.6 Å². The molecule has 1 spiro atoms. The summed E-state index contributed by atoms with van der Waals surface area (Å²) in [6.07, 6.45) is 10.5. The second-order valence-corrected chi connectivity index (χ2v) is 15.8. The van der Waals surface area contributed by atoms with E-state index in [9.17, 15) is 14.9 Å². The lowest BCUT2D eigenvalue weighted by molar-refractivity contribution is -0.231. The van der Waals surface area contributed by atoms with Gasteiger partial charge in [0.25, 0.3) is 0 Å². The normalized spacial score (nSPS) is 38.9. The molecule has 4 fully saturated rings. The first-order valence-corrected chi connectivity index (χ1v) is 17.0. The zero-order valence-electron chi connectivity index (χ0n) is 28.7. The Labute approximate surface area is 285 Å². The minimum atomic E-state index is -0.704. The van der Waals surface area contributed by atoms with Crippen molar-refractivity contribution >= 4 is 17.5 Å². The molecular weight excluding hydrogens is 622 g/mol. The number of ether oxygens (including phenoxy) is 2. The third kappa shape index (κ3) is 4.07. The van der Waals surface area contributed by atoms with E-state index in [0.717, 1.165) is 24.1 Å². The first-order valence-electron chi connectivity index (χ1n) is 17.0. The zero-order valence-corrected chi connectivity index (χ0v) is 28.7. The first kappa shape index (κ1) is 31.7. The van der Waals surface area contributed by atoms with Gasteiger partial charge in [0.05, 0.1) is 35.7 Å². The summed E-state index contributed by atoms with van der Waals surface area (Å²) < 4.78 is 20.5. The molecule has 1 aliphatic heterocycles. The molecule has 1 saturated heterocycles. The molecule has 0 radical (unpaired) electrons. The minimum absolute atomic E-state index is 0.00559. The van der Waals surface area contributed by atoms with E-state index in [1.165, 1.54) is 6.92 Å². The van der Waals surface area contributed by atoms with Gasteiger partial charge in [0.15, 0.2) is 12.4 Å². The maximum Gasteiger partial charge on any atom is 0.302 e. The van der Waals surface area contributed by atoms with Gasteiger partial charge in [0.2, 0.25) is 0 Å². The van der Waals surface area contributed by atoms with Crippen molar-refractivity contribution < 1.29 is 28.3 Å². The Bertz CT molecular complexity index is 1960. The Morgan fingerprint density at radius 3 is 2.69 bits per heavy atom. The van der Waals surface area contributed by atoms with Crippen molar-refractivity contribution in [2.24, 2.45) is 38.7 Å². The van der Waals surface area contributed by atoms with E-state index in [1.54, 1.807) is 41.6 Å². The molecule has 49 heavy (non-hydrogen) atoms. The molecule has 5 aliphatic rings. The number of para-hydroxylation sites is 1. The van der Waals surface area contributed by atoms with Crippen LogP contribution in [0.1, 0.15) is 83.5 Å². The average Bonchev–Trinajstić information content (AvgIpc) is 3.33. The predicted molar refractivity (Wildman–Crippen MR) is 176 cm³/mol. The Kier molecular flexibility index (Phi) is 6.77. The summed E-state index contributed by atoms with van der Waals surface area (Å²) >= 11 is 0. The minimum Gasteiger partial charge on any atom is -0.472 e. The molecule has 0 amide bonds. The summed E-state index contributed by atoms with van der Waals surface area (Å²) in [6.45, 7) is 12.4. The number of hydrogen-bond acceptors (Lipinski definition) is 10. The number of nitriles is 1. The van der Waals surface area contributed by atoms with E-state index in [0.29, 0.717) is 23.4 Å². The molecule has 8 rings (SSSR count). The van der Waals surface area contributed by atoms with Gasteiger partial charge in [-0.15, -0.1) is 5.10 Å². The average molecular weight is 664 g/mol. The molecule has 2 aromatic heterocycles. The molecular formula is C38H41N5O6. The molecule has 0 bridgehead atoms. The Hall–Kier alpha value is -4.56. The lowest BCUT2D eigenvalue weighted by atomic mass is 9.36. The lowest BCUT2D eigenvalue weighted by Gasteiger charge is -2.67. The highest BCUT2D eigenvalue weighted by atomic mass is 16.6. The number of epoxide rings is 1. The number of carbonyl (C=O) groups excluding carboxylic acids is 2. The fourth-order valence-corrected chi connectivity index (χ4v) is 11.1. The molecule has 9 atom stereocenters. The maximum atomic E-state index is 13.2. The van der Waals surface area contributed by atoms with E-state index in [1.807, 2.05) is 32.0 Å². The van der Waals surface area contributed by atoms with E-state index in [-0.39, 0.29) is 47.6 Å². The van der Waals surface area contributed by atoms with Gasteiger partial charge in [-0.3, -0.25) is 9.59 Å². The number of fused-ring (bicyclic) bond motifs is 3. The molecule has 0 unspecified atom stereocenters. The highest BCUT2D eigenvalue weighted by Gasteiger charge is 2.89. The maximum absolute atomic E-state index is 13.2. The zero-order chi connectivity index (χ0) is 34.6. The molecule has 254 valence electrons. The van der Waals surface area contributed by atoms with Crippen LogP contribution < -0.4 is 0 Å². The highest BCUT2D eigenvalue weighted by Crippen LogP contribution is 2.81. The summed E-state index contributed by atoms with van der Waals surface area (Å²) in [5, 5.41) is 22.8. The van der Waals surface area contributed by atoms with Crippen molar-refractivity contribution in [3.63, 3.8) is 0 Å². The second kappa shape index (κ2) is 10.5. The van der Waals surface area contributed by atoms with Gasteiger partial charge in [-0.1, -0.05) is 63.2 Å². The van der Waals surface area contributed by atoms with Crippen LogP contribution in [-0.2, 0) is 30.5 Å². The van der Waals surface area contributed by atoms with E-state index < -0.39 is 27.9 Å². The number of furan rings is 1. The smallest absolute Gasteiger partial charge is 0.302 e. The summed E-state index contributed by atoms with van der Waals surface area (Å²) in [5.74, 6) is -0.321. The van der Waals surface area contributed by atoms with Gasteiger partial charge in [0, 0.05) is 29.1 Å². The van der Waals surface area contributed by atoms with Crippen molar-refractivity contribution in [1.29, 1.82) is 5.26 Å². The van der Waals surface area contributed by atoms with Crippen molar-refractivity contribution in [1.82, 2.24) is 15.0 Å². The third-order valence-corrected chi connectivity index (χ3v) is 13.2. The molecule has 3 saturated carbocycles. The van der Waals surface area contributed by atoms with Gasteiger partial charge >= 0.3 is 5.97 Å². The van der Waals surface area contributed by atoms with Gasteiger partial charge in [-0.25, -0.2) is 4.68 Å². The van der Waals surface area contributed by atoms with Crippen LogP contribution in [0.5, 0.6) is 0 Å². The largest absolute Gasteiger partial charge is 0.472 e. The van der Waals surface area contributed by atoms with Gasteiger partial charge in [-0.2, -0.15) is 5.26 Å². The van der Waals surface area contributed by atoms with E-state index in [2.05, 4.69) is 43.2 Å². The molecule has 1 aromatic carbocycles. The molecule has 11 heteroatoms. The number of ketones is 1. The number of carbonyl (C=O) groups is 2. The lowest BCUT2D eigenvalue weighted by Crippen LogP contribution is -2.70. The number of rotatable bonds is 6. The fraction of sp³-hybridized carbons (Fsp3) is 0.526. The van der Waals surface area contributed by atoms with Gasteiger partial charge in [-0.05, 0) is 66.4 Å². The third-order valence-electron chi connectivity index (χ3n) is 13.2. The monoisotopic (exact) mass is 663 g/mol. The van der Waals surface area contributed by atoms with Crippen LogP contribution in [0, 0.1) is 44.8 Å². The Morgan fingerprint density at radius 2 is 1.96 bits per heavy atom. The Morgan fingerprint density at radius 1 is 1.16 bits per heavy atom. The first-order chi connectivity index (χ1) is 23.3. The molecule has 3 heterocycles. The standard InChI is InChI=1S/C38H41N5O6/c1-22(44)48-30-17-28-34(2,3)29(45)12-14-35(28,4)27-11-15-36(5)31(24-13-16-46-20-24)32(33-38(36,49-33)37(27,30)6)41-47-21-25-19-43(42-40-25)26-10-8-7-9-23(26)18-39/h7-10,12-14,16,19-20,27-28,30-31,33H,11,15,17,21H2,1-6H3/b41-32+/t27-,28+,30-,31-,33-,35-,36+,37+,38-/m1/s1. The second-order valence-electron chi connectivity index (χ2n) is 15.8. The molecule has 0 N–H and O–H groups in total. The van der Waals surface area contributed by atoms with E-state index >= 15 is 0 Å². The number of nitrogens with zero attached hydrogens (tertiary/aromatic N) is 5. The Balaban J connectivity index is 1.18.